The van der Waals surface area contributed by atoms with Gasteiger partial charge < -0.3 is 4.42 Å². The molecule has 0 saturated heterocycles. The largest absolute Gasteiger partial charge is 0.456 e. The Morgan fingerprint density at radius 3 is 2.04 bits per heavy atom. The molecule has 0 fully saturated rings. The molecule has 3 aromatic heterocycles. The topological polar surface area (TPSA) is 43.9 Å². The van der Waals surface area contributed by atoms with Crippen molar-refractivity contribution in [3.05, 3.63) is 164 Å². The van der Waals surface area contributed by atoms with Crippen LogP contribution in [0.3, 0.4) is 0 Å². The molecule has 8 aromatic carbocycles. The van der Waals surface area contributed by atoms with Crippen LogP contribution < -0.4 is 0 Å². The van der Waals surface area contributed by atoms with E-state index in [1.165, 1.54) is 38.1 Å². The Balaban J connectivity index is 1.24. The number of aromatic nitrogens is 3. The lowest BCUT2D eigenvalue weighted by Gasteiger charge is -2.13. The molecule has 0 aliphatic carbocycles. The third kappa shape index (κ3) is 3.93. The molecule has 0 spiro atoms. The molecule has 0 unspecified atom stereocenters. The molecule has 0 N–H and O–H groups in total. The molecule has 4 heteroatoms. The number of benzene rings is 8. The minimum Gasteiger partial charge on any atom is -0.456 e. The van der Waals surface area contributed by atoms with Gasteiger partial charge in [-0.1, -0.05) is 121 Å². The third-order valence-corrected chi connectivity index (χ3v) is 10.2. The molecule has 0 bridgehead atoms. The summed E-state index contributed by atoms with van der Waals surface area (Å²) >= 11 is 0. The lowest BCUT2D eigenvalue weighted by atomic mass is 9.99. The fourth-order valence-corrected chi connectivity index (χ4v) is 7.89. The van der Waals surface area contributed by atoms with E-state index in [0.717, 1.165) is 60.5 Å². The Hall–Kier alpha value is -6.78. The van der Waals surface area contributed by atoms with Crippen molar-refractivity contribution in [1.82, 2.24) is 14.5 Å². The summed E-state index contributed by atoms with van der Waals surface area (Å²) in [5.74, 6) is 0.636. The second-order valence-electron chi connectivity index (χ2n) is 13.0. The van der Waals surface area contributed by atoms with Gasteiger partial charge in [0.25, 0.3) is 0 Å². The van der Waals surface area contributed by atoms with Crippen LogP contribution >= 0.6 is 0 Å². The second-order valence-corrected chi connectivity index (χ2v) is 13.0. The van der Waals surface area contributed by atoms with Crippen molar-refractivity contribution >= 4 is 76.2 Å². The Bertz CT molecular complexity index is 3150. The smallest absolute Gasteiger partial charge is 0.235 e. The summed E-state index contributed by atoms with van der Waals surface area (Å²) in [6, 6.07) is 57.8. The van der Waals surface area contributed by atoms with Crippen LogP contribution in [0, 0.1) is 0 Å². The Labute approximate surface area is 286 Å². The van der Waals surface area contributed by atoms with Gasteiger partial charge >= 0.3 is 0 Å². The maximum absolute atomic E-state index is 6.49. The van der Waals surface area contributed by atoms with E-state index in [9.17, 15) is 0 Å². The first-order chi connectivity index (χ1) is 24.8. The summed E-state index contributed by atoms with van der Waals surface area (Å²) in [5, 5.41) is 10.3. The van der Waals surface area contributed by atoms with Gasteiger partial charge in [0.2, 0.25) is 5.95 Å². The monoisotopic (exact) mass is 637 g/mol. The maximum atomic E-state index is 6.49. The highest BCUT2D eigenvalue weighted by Crippen LogP contribution is 2.42. The zero-order chi connectivity index (χ0) is 32.8. The van der Waals surface area contributed by atoms with Crippen LogP contribution in [-0.4, -0.2) is 14.5 Å². The normalized spacial score (nSPS) is 12.0. The summed E-state index contributed by atoms with van der Waals surface area (Å²) in [7, 11) is 0. The van der Waals surface area contributed by atoms with E-state index in [2.05, 4.69) is 162 Å². The van der Waals surface area contributed by atoms with Gasteiger partial charge in [-0.25, -0.2) is 9.97 Å². The van der Waals surface area contributed by atoms with Crippen molar-refractivity contribution in [2.45, 2.75) is 0 Å². The van der Waals surface area contributed by atoms with Crippen LogP contribution in [-0.2, 0) is 0 Å². The van der Waals surface area contributed by atoms with Crippen molar-refractivity contribution < 1.29 is 4.42 Å². The molecular formula is C46H27N3O. The molecule has 0 atom stereocenters. The molecule has 0 aliphatic rings. The summed E-state index contributed by atoms with van der Waals surface area (Å²) in [6.07, 6.45) is 0. The highest BCUT2D eigenvalue weighted by Gasteiger charge is 2.21. The van der Waals surface area contributed by atoms with Crippen molar-refractivity contribution in [3.8, 4) is 28.3 Å². The number of rotatable bonds is 3. The quantitative estimate of drug-likeness (QED) is 0.194. The zero-order valence-corrected chi connectivity index (χ0v) is 26.8. The van der Waals surface area contributed by atoms with Crippen molar-refractivity contribution in [2.24, 2.45) is 0 Å². The Morgan fingerprint density at radius 1 is 0.420 bits per heavy atom. The number of hydrogen-bond acceptors (Lipinski definition) is 3. The zero-order valence-electron chi connectivity index (χ0n) is 26.8. The molecule has 11 rings (SSSR count). The third-order valence-electron chi connectivity index (χ3n) is 10.2. The van der Waals surface area contributed by atoms with Gasteiger partial charge in [-0.3, -0.25) is 4.57 Å². The van der Waals surface area contributed by atoms with Gasteiger partial charge in [-0.05, 0) is 75.1 Å². The molecule has 3 heterocycles. The van der Waals surface area contributed by atoms with E-state index in [4.69, 9.17) is 14.4 Å². The van der Waals surface area contributed by atoms with Crippen LogP contribution in [0.5, 0.6) is 0 Å². The van der Waals surface area contributed by atoms with Crippen LogP contribution in [0.25, 0.3) is 105 Å². The first kappa shape index (κ1) is 27.2. The van der Waals surface area contributed by atoms with E-state index in [1.807, 2.05) is 6.07 Å². The molecule has 0 amide bonds. The number of para-hydroxylation sites is 1. The fraction of sp³-hybridized carbons (Fsp3) is 0. The minimum absolute atomic E-state index is 0.636. The van der Waals surface area contributed by atoms with E-state index in [0.29, 0.717) is 5.95 Å². The van der Waals surface area contributed by atoms with Gasteiger partial charge in [-0.15, -0.1) is 0 Å². The maximum Gasteiger partial charge on any atom is 0.235 e. The number of fused-ring (bicyclic) bond motifs is 10. The minimum atomic E-state index is 0.636. The summed E-state index contributed by atoms with van der Waals surface area (Å²) < 4.78 is 8.73. The molecule has 11 aromatic rings. The lowest BCUT2D eigenvalue weighted by Crippen LogP contribution is -2.03. The number of nitrogens with zero attached hydrogens (tertiary/aromatic N) is 3. The summed E-state index contributed by atoms with van der Waals surface area (Å²) in [5.41, 5.74) is 9.00. The predicted molar refractivity (Wildman–Crippen MR) is 207 cm³/mol. The van der Waals surface area contributed by atoms with Crippen LogP contribution in [0.1, 0.15) is 0 Å². The van der Waals surface area contributed by atoms with Crippen molar-refractivity contribution in [2.75, 3.05) is 0 Å². The molecular weight excluding hydrogens is 611 g/mol. The number of hydrogen-bond donors (Lipinski definition) is 0. The van der Waals surface area contributed by atoms with Crippen molar-refractivity contribution in [3.63, 3.8) is 0 Å². The molecule has 0 aliphatic heterocycles. The summed E-state index contributed by atoms with van der Waals surface area (Å²) in [4.78, 5) is 10.7. The average molecular weight is 638 g/mol. The van der Waals surface area contributed by atoms with Crippen LogP contribution in [0.2, 0.25) is 0 Å². The van der Waals surface area contributed by atoms with Gasteiger partial charge in [0, 0.05) is 32.5 Å². The van der Waals surface area contributed by atoms with E-state index < -0.39 is 0 Å². The van der Waals surface area contributed by atoms with Gasteiger partial charge in [0.15, 0.2) is 0 Å². The second kappa shape index (κ2) is 10.4. The molecule has 232 valence electrons. The lowest BCUT2D eigenvalue weighted by molar-refractivity contribution is 0.669. The van der Waals surface area contributed by atoms with E-state index in [-0.39, 0.29) is 0 Å². The molecule has 4 nitrogen and oxygen atoms in total. The predicted octanol–water partition coefficient (Wildman–Crippen LogP) is 12.3. The Kier molecular flexibility index (Phi) is 5.63. The van der Waals surface area contributed by atoms with Crippen molar-refractivity contribution in [1.29, 1.82) is 0 Å². The SMILES string of the molecule is c1ccc(-c2ccc3c(c2)c2c4ccccc4ccc2n3-c2nc(-c3cccc4oc5cc6ccccc6cc5c34)c3ccccc3n2)cc1. The average Bonchev–Trinajstić information content (AvgIpc) is 3.72. The first-order valence-electron chi connectivity index (χ1n) is 16.9. The Morgan fingerprint density at radius 2 is 1.16 bits per heavy atom. The molecule has 0 saturated carbocycles. The fourth-order valence-electron chi connectivity index (χ4n) is 7.89. The van der Waals surface area contributed by atoms with Gasteiger partial charge in [-0.2, -0.15) is 0 Å². The van der Waals surface area contributed by atoms with E-state index in [1.54, 1.807) is 0 Å². The van der Waals surface area contributed by atoms with Gasteiger partial charge in [0.05, 0.1) is 22.2 Å². The standard InChI is InChI=1S/C46H27N3O/c1-2-11-28(12-3-1)32-22-23-39-36(25-32)43-33-16-7-6-13-29(33)21-24-40(43)49(39)46-47-38-19-9-8-17-34(38)45(48-46)35-18-10-20-41-44(35)37-26-30-14-4-5-15-31(30)27-42(37)50-41/h1-27H. The number of furan rings is 1. The van der Waals surface area contributed by atoms with E-state index >= 15 is 0 Å². The van der Waals surface area contributed by atoms with Gasteiger partial charge in [0.1, 0.15) is 11.2 Å². The molecule has 0 radical (unpaired) electrons. The van der Waals surface area contributed by atoms with Crippen LogP contribution in [0.4, 0.5) is 0 Å². The highest BCUT2D eigenvalue weighted by atomic mass is 16.3. The summed E-state index contributed by atoms with van der Waals surface area (Å²) in [6.45, 7) is 0. The first-order valence-corrected chi connectivity index (χ1v) is 16.9. The molecule has 50 heavy (non-hydrogen) atoms. The van der Waals surface area contributed by atoms with Crippen LogP contribution in [0.15, 0.2) is 168 Å². The highest BCUT2D eigenvalue weighted by molar-refractivity contribution is 6.22.